The fraction of sp³-hybridized carbons (Fsp3) is 0.150. The standard InChI is InChI=1S/C20H15ClF3N3O2S/c21-16-6-2-4-14(10-16)18(29)26-19-27(7-8-30-19)12-17(28)25-11-13-3-1-5-15(9-13)20(22,23)24/h1-10H,11-12H2,(H,25,28). The van der Waals surface area contributed by atoms with Crippen molar-refractivity contribution in [3.05, 3.63) is 86.6 Å². The van der Waals surface area contributed by atoms with Crippen molar-refractivity contribution < 1.29 is 22.8 Å². The van der Waals surface area contributed by atoms with Gasteiger partial charge in [0.25, 0.3) is 5.91 Å². The normalized spacial score (nSPS) is 12.1. The van der Waals surface area contributed by atoms with Gasteiger partial charge >= 0.3 is 6.18 Å². The summed E-state index contributed by atoms with van der Waals surface area (Å²) in [6.45, 7) is -0.189. The van der Waals surface area contributed by atoms with E-state index in [1.807, 2.05) is 0 Å². The molecule has 0 unspecified atom stereocenters. The Kier molecular flexibility index (Phi) is 6.73. The first-order valence-electron chi connectivity index (χ1n) is 8.64. The van der Waals surface area contributed by atoms with E-state index in [1.54, 1.807) is 29.8 Å². The van der Waals surface area contributed by atoms with Crippen molar-refractivity contribution in [1.29, 1.82) is 0 Å². The molecule has 0 saturated carbocycles. The number of hydrogen-bond donors (Lipinski definition) is 1. The van der Waals surface area contributed by atoms with Gasteiger partial charge in [-0.25, -0.2) is 0 Å². The predicted octanol–water partition coefficient (Wildman–Crippen LogP) is 4.28. The number of benzene rings is 2. The van der Waals surface area contributed by atoms with Gasteiger partial charge in [0.1, 0.15) is 6.54 Å². The molecule has 0 radical (unpaired) electrons. The van der Waals surface area contributed by atoms with Crippen LogP contribution in [0.2, 0.25) is 5.02 Å². The lowest BCUT2D eigenvalue weighted by Crippen LogP contribution is -2.30. The second-order valence-electron chi connectivity index (χ2n) is 6.22. The molecule has 0 aliphatic heterocycles. The number of aromatic nitrogens is 1. The number of thiazole rings is 1. The molecule has 1 N–H and O–H groups in total. The van der Waals surface area contributed by atoms with E-state index >= 15 is 0 Å². The molecule has 0 fully saturated rings. The SMILES string of the molecule is O=C(Cn1ccsc1=NC(=O)c1cccc(Cl)c1)NCc1cccc(C(F)(F)F)c1. The molecular weight excluding hydrogens is 439 g/mol. The Labute approximate surface area is 178 Å². The first-order chi connectivity index (χ1) is 14.2. The van der Waals surface area contributed by atoms with Crippen molar-refractivity contribution in [2.75, 3.05) is 0 Å². The van der Waals surface area contributed by atoms with Crippen LogP contribution in [0.25, 0.3) is 0 Å². The van der Waals surface area contributed by atoms with E-state index in [1.165, 1.54) is 34.1 Å². The summed E-state index contributed by atoms with van der Waals surface area (Å²) in [5.74, 6) is -0.930. The summed E-state index contributed by atoms with van der Waals surface area (Å²) in [4.78, 5) is 28.9. The minimum atomic E-state index is -4.45. The molecule has 0 bridgehead atoms. The average molecular weight is 454 g/mol. The van der Waals surface area contributed by atoms with Crippen LogP contribution in [0.1, 0.15) is 21.5 Å². The second-order valence-corrected chi connectivity index (χ2v) is 7.53. The number of rotatable bonds is 5. The molecule has 2 aromatic carbocycles. The number of nitrogens with zero attached hydrogens (tertiary/aromatic N) is 2. The van der Waals surface area contributed by atoms with Gasteiger partial charge in [-0.1, -0.05) is 29.8 Å². The maximum absolute atomic E-state index is 12.8. The number of nitrogens with one attached hydrogen (secondary N) is 1. The van der Waals surface area contributed by atoms with Crippen LogP contribution in [0.3, 0.4) is 0 Å². The first kappa shape index (κ1) is 21.8. The molecule has 156 valence electrons. The molecule has 5 nitrogen and oxygen atoms in total. The molecule has 1 aromatic heterocycles. The number of carbonyl (C=O) groups is 2. The smallest absolute Gasteiger partial charge is 0.350 e. The first-order valence-corrected chi connectivity index (χ1v) is 9.89. The molecule has 0 saturated heterocycles. The van der Waals surface area contributed by atoms with E-state index in [0.29, 0.717) is 21.0 Å². The monoisotopic (exact) mass is 453 g/mol. The van der Waals surface area contributed by atoms with Gasteiger partial charge in [0.05, 0.1) is 5.56 Å². The van der Waals surface area contributed by atoms with Crippen LogP contribution in [0, 0.1) is 0 Å². The number of halogens is 4. The zero-order chi connectivity index (χ0) is 21.7. The quantitative estimate of drug-likeness (QED) is 0.626. The van der Waals surface area contributed by atoms with Crippen molar-refractivity contribution in [1.82, 2.24) is 9.88 Å². The van der Waals surface area contributed by atoms with Crippen LogP contribution in [0.4, 0.5) is 13.2 Å². The third-order valence-corrected chi connectivity index (χ3v) is 5.02. The van der Waals surface area contributed by atoms with Crippen molar-refractivity contribution in [3.8, 4) is 0 Å². The predicted molar refractivity (Wildman–Crippen MR) is 107 cm³/mol. The van der Waals surface area contributed by atoms with E-state index in [0.717, 1.165) is 12.1 Å². The van der Waals surface area contributed by atoms with Crippen LogP contribution in [0.15, 0.2) is 65.1 Å². The molecule has 30 heavy (non-hydrogen) atoms. The number of amides is 2. The highest BCUT2D eigenvalue weighted by atomic mass is 35.5. The maximum atomic E-state index is 12.8. The highest BCUT2D eigenvalue weighted by Gasteiger charge is 2.30. The van der Waals surface area contributed by atoms with Gasteiger partial charge in [0, 0.05) is 28.7 Å². The Balaban J connectivity index is 1.66. The van der Waals surface area contributed by atoms with Gasteiger partial charge in [-0.3, -0.25) is 9.59 Å². The molecule has 2 amide bonds. The Morgan fingerprint density at radius 3 is 2.63 bits per heavy atom. The Hall–Kier alpha value is -2.91. The maximum Gasteiger partial charge on any atom is 0.416 e. The van der Waals surface area contributed by atoms with Crippen LogP contribution < -0.4 is 10.1 Å². The second kappa shape index (κ2) is 9.27. The zero-order valence-electron chi connectivity index (χ0n) is 15.3. The summed E-state index contributed by atoms with van der Waals surface area (Å²) >= 11 is 7.05. The molecular formula is C20H15ClF3N3O2S. The number of hydrogen-bond acceptors (Lipinski definition) is 3. The van der Waals surface area contributed by atoms with E-state index < -0.39 is 23.6 Å². The third kappa shape index (κ3) is 5.80. The third-order valence-electron chi connectivity index (χ3n) is 3.99. The topological polar surface area (TPSA) is 63.5 Å². The summed E-state index contributed by atoms with van der Waals surface area (Å²) in [5, 5.41) is 4.65. The lowest BCUT2D eigenvalue weighted by atomic mass is 10.1. The highest BCUT2D eigenvalue weighted by Crippen LogP contribution is 2.29. The largest absolute Gasteiger partial charge is 0.416 e. The average Bonchev–Trinajstić information content (AvgIpc) is 3.12. The van der Waals surface area contributed by atoms with Gasteiger partial charge in [0.15, 0.2) is 4.80 Å². The van der Waals surface area contributed by atoms with E-state index in [9.17, 15) is 22.8 Å². The minimum absolute atomic E-state index is 0.0542. The Morgan fingerprint density at radius 1 is 1.13 bits per heavy atom. The van der Waals surface area contributed by atoms with Crippen LogP contribution in [-0.2, 0) is 24.1 Å². The molecule has 0 spiro atoms. The van der Waals surface area contributed by atoms with Crippen molar-refractivity contribution >= 4 is 34.8 Å². The summed E-state index contributed by atoms with van der Waals surface area (Å²) in [6.07, 6.45) is -2.85. The van der Waals surface area contributed by atoms with Gasteiger partial charge in [-0.2, -0.15) is 18.2 Å². The highest BCUT2D eigenvalue weighted by molar-refractivity contribution is 7.07. The lowest BCUT2D eigenvalue weighted by Gasteiger charge is -2.10. The van der Waals surface area contributed by atoms with E-state index in [-0.39, 0.29) is 13.1 Å². The summed E-state index contributed by atoms with van der Waals surface area (Å²) < 4.78 is 39.8. The number of alkyl halides is 3. The minimum Gasteiger partial charge on any atom is -0.350 e. The summed E-state index contributed by atoms with van der Waals surface area (Å²) in [6, 6.07) is 11.1. The molecule has 0 aliphatic carbocycles. The Bertz CT molecular complexity index is 1140. The molecule has 0 atom stereocenters. The van der Waals surface area contributed by atoms with E-state index in [2.05, 4.69) is 10.3 Å². The van der Waals surface area contributed by atoms with Gasteiger partial charge < -0.3 is 9.88 Å². The van der Waals surface area contributed by atoms with Crippen LogP contribution in [0.5, 0.6) is 0 Å². The number of carbonyl (C=O) groups excluding carboxylic acids is 2. The molecule has 3 aromatic rings. The summed E-state index contributed by atoms with van der Waals surface area (Å²) in [5.41, 5.74) is -0.131. The lowest BCUT2D eigenvalue weighted by molar-refractivity contribution is -0.137. The van der Waals surface area contributed by atoms with Crippen LogP contribution >= 0.6 is 22.9 Å². The summed E-state index contributed by atoms with van der Waals surface area (Å²) in [7, 11) is 0. The van der Waals surface area contributed by atoms with E-state index in [4.69, 9.17) is 11.6 Å². The fourth-order valence-electron chi connectivity index (χ4n) is 2.55. The Morgan fingerprint density at radius 2 is 1.90 bits per heavy atom. The van der Waals surface area contributed by atoms with Crippen molar-refractivity contribution in [2.24, 2.45) is 4.99 Å². The van der Waals surface area contributed by atoms with Gasteiger partial charge in [-0.05, 0) is 35.9 Å². The molecule has 1 heterocycles. The van der Waals surface area contributed by atoms with Gasteiger partial charge in [0.2, 0.25) is 5.91 Å². The van der Waals surface area contributed by atoms with Crippen molar-refractivity contribution in [2.45, 2.75) is 19.3 Å². The van der Waals surface area contributed by atoms with Crippen LogP contribution in [-0.4, -0.2) is 16.4 Å². The zero-order valence-corrected chi connectivity index (χ0v) is 16.9. The molecule has 0 aliphatic rings. The van der Waals surface area contributed by atoms with Gasteiger partial charge in [-0.15, -0.1) is 11.3 Å². The molecule has 10 heteroatoms. The fourth-order valence-corrected chi connectivity index (χ4v) is 3.47. The molecule has 3 rings (SSSR count). The van der Waals surface area contributed by atoms with Crippen molar-refractivity contribution in [3.63, 3.8) is 0 Å².